The van der Waals surface area contributed by atoms with Crippen molar-refractivity contribution in [3.8, 4) is 6.07 Å². The molecule has 1 heterocycles. The summed E-state index contributed by atoms with van der Waals surface area (Å²) in [6.45, 7) is 1.07. The van der Waals surface area contributed by atoms with Crippen LogP contribution in [0.4, 0.5) is 0 Å². The van der Waals surface area contributed by atoms with E-state index >= 15 is 0 Å². The SMILES string of the molecule is CSc1ccc(CN(C)C(=O)C2CCN(S(=O)(=O)c3ccccc3C#N)CC2)cc1. The summed E-state index contributed by atoms with van der Waals surface area (Å²) < 4.78 is 27.3. The second-order valence-corrected chi connectivity index (χ2v) is 10.1. The van der Waals surface area contributed by atoms with Gasteiger partial charge in [-0.1, -0.05) is 24.3 Å². The first kappa shape index (κ1) is 22.3. The first-order chi connectivity index (χ1) is 14.4. The Morgan fingerprint density at radius 1 is 1.17 bits per heavy atom. The molecule has 0 aliphatic carbocycles. The van der Waals surface area contributed by atoms with Gasteiger partial charge in [0.05, 0.1) is 10.5 Å². The molecule has 1 saturated heterocycles. The van der Waals surface area contributed by atoms with Crippen molar-refractivity contribution in [1.82, 2.24) is 9.21 Å². The van der Waals surface area contributed by atoms with Gasteiger partial charge in [0.2, 0.25) is 15.9 Å². The number of carbonyl (C=O) groups excluding carboxylic acids is 1. The Balaban J connectivity index is 1.61. The summed E-state index contributed by atoms with van der Waals surface area (Å²) in [5.41, 5.74) is 1.21. The molecular weight excluding hydrogens is 418 g/mol. The summed E-state index contributed by atoms with van der Waals surface area (Å²) in [5.74, 6) is -0.156. The van der Waals surface area contributed by atoms with Crippen LogP contribution in [0.2, 0.25) is 0 Å². The van der Waals surface area contributed by atoms with E-state index in [4.69, 9.17) is 0 Å². The van der Waals surface area contributed by atoms with E-state index in [1.54, 1.807) is 35.8 Å². The number of benzene rings is 2. The van der Waals surface area contributed by atoms with Gasteiger partial charge in [0.1, 0.15) is 6.07 Å². The molecular formula is C22H25N3O3S2. The zero-order valence-corrected chi connectivity index (χ0v) is 18.7. The van der Waals surface area contributed by atoms with Crippen molar-refractivity contribution in [3.63, 3.8) is 0 Å². The Kier molecular flexibility index (Phi) is 7.19. The number of sulfonamides is 1. The van der Waals surface area contributed by atoms with Crippen LogP contribution in [-0.4, -0.2) is 49.9 Å². The fourth-order valence-corrected chi connectivity index (χ4v) is 5.68. The van der Waals surface area contributed by atoms with Crippen LogP contribution in [0.25, 0.3) is 0 Å². The topological polar surface area (TPSA) is 81.5 Å². The monoisotopic (exact) mass is 443 g/mol. The molecule has 0 saturated carbocycles. The highest BCUT2D eigenvalue weighted by Gasteiger charge is 2.34. The Morgan fingerprint density at radius 3 is 2.40 bits per heavy atom. The lowest BCUT2D eigenvalue weighted by molar-refractivity contribution is -0.135. The maximum atomic E-state index is 12.9. The third-order valence-electron chi connectivity index (χ3n) is 5.38. The molecule has 1 aliphatic heterocycles. The van der Waals surface area contributed by atoms with Crippen molar-refractivity contribution < 1.29 is 13.2 Å². The molecule has 0 radical (unpaired) electrons. The van der Waals surface area contributed by atoms with Crippen LogP contribution < -0.4 is 0 Å². The lowest BCUT2D eigenvalue weighted by Crippen LogP contribution is -2.43. The predicted molar refractivity (Wildman–Crippen MR) is 117 cm³/mol. The molecule has 2 aromatic carbocycles. The van der Waals surface area contributed by atoms with Crippen molar-refractivity contribution in [1.29, 1.82) is 5.26 Å². The van der Waals surface area contributed by atoms with Crippen molar-refractivity contribution in [2.75, 3.05) is 26.4 Å². The minimum Gasteiger partial charge on any atom is -0.341 e. The number of amides is 1. The fourth-order valence-electron chi connectivity index (χ4n) is 3.66. The minimum atomic E-state index is -3.75. The second kappa shape index (κ2) is 9.65. The van der Waals surface area contributed by atoms with Crippen LogP contribution >= 0.6 is 11.8 Å². The Bertz CT molecular complexity index is 1040. The average molecular weight is 444 g/mol. The summed E-state index contributed by atoms with van der Waals surface area (Å²) >= 11 is 1.68. The third kappa shape index (κ3) is 4.86. The van der Waals surface area contributed by atoms with Gasteiger partial charge in [-0.05, 0) is 48.9 Å². The molecule has 0 atom stereocenters. The van der Waals surface area contributed by atoms with E-state index in [1.165, 1.54) is 21.3 Å². The zero-order valence-electron chi connectivity index (χ0n) is 17.1. The number of rotatable bonds is 6. The predicted octanol–water partition coefficient (Wildman–Crippen LogP) is 3.34. The molecule has 8 heteroatoms. The smallest absolute Gasteiger partial charge is 0.244 e. The summed E-state index contributed by atoms with van der Waals surface area (Å²) in [6, 6.07) is 16.3. The van der Waals surface area contributed by atoms with Crippen molar-refractivity contribution in [3.05, 3.63) is 59.7 Å². The molecule has 0 unspecified atom stereocenters. The second-order valence-electron chi connectivity index (χ2n) is 7.33. The van der Waals surface area contributed by atoms with Crippen LogP contribution in [0.15, 0.2) is 58.3 Å². The molecule has 0 spiro atoms. The molecule has 1 fully saturated rings. The number of nitriles is 1. The Labute approximate surface area is 182 Å². The number of hydrogen-bond acceptors (Lipinski definition) is 5. The van der Waals surface area contributed by atoms with E-state index in [0.717, 1.165) is 5.56 Å². The van der Waals surface area contributed by atoms with Crippen LogP contribution in [-0.2, 0) is 21.4 Å². The average Bonchev–Trinajstić information content (AvgIpc) is 2.79. The van der Waals surface area contributed by atoms with Crippen molar-refractivity contribution in [2.45, 2.75) is 29.2 Å². The number of piperidine rings is 1. The van der Waals surface area contributed by atoms with Gasteiger partial charge in [0.15, 0.2) is 0 Å². The van der Waals surface area contributed by atoms with Gasteiger partial charge < -0.3 is 4.90 Å². The van der Waals surface area contributed by atoms with E-state index in [0.29, 0.717) is 19.4 Å². The molecule has 0 aromatic heterocycles. The van der Waals surface area contributed by atoms with Gasteiger partial charge in [0.25, 0.3) is 0 Å². The van der Waals surface area contributed by atoms with Crippen LogP contribution in [0.5, 0.6) is 0 Å². The Hall–Kier alpha value is -2.34. The standard InChI is InChI=1S/C22H25N3O3S2/c1-24(16-17-7-9-20(29-2)10-8-17)22(26)18-11-13-25(14-12-18)30(27,28)21-6-4-3-5-19(21)15-23/h3-10,18H,11-14,16H2,1-2H3. The molecule has 6 nitrogen and oxygen atoms in total. The molecule has 30 heavy (non-hydrogen) atoms. The van der Waals surface area contributed by atoms with Crippen LogP contribution in [0.1, 0.15) is 24.0 Å². The molecule has 0 N–H and O–H groups in total. The van der Waals surface area contributed by atoms with E-state index in [9.17, 15) is 18.5 Å². The van der Waals surface area contributed by atoms with Crippen LogP contribution in [0, 0.1) is 17.2 Å². The molecule has 2 aromatic rings. The van der Waals surface area contributed by atoms with Gasteiger partial charge in [-0.2, -0.15) is 9.57 Å². The molecule has 1 amide bonds. The summed E-state index contributed by atoms with van der Waals surface area (Å²) in [7, 11) is -1.96. The molecule has 158 valence electrons. The summed E-state index contributed by atoms with van der Waals surface area (Å²) in [5, 5.41) is 9.22. The highest BCUT2D eigenvalue weighted by Crippen LogP contribution is 2.27. The molecule has 0 bridgehead atoms. The van der Waals surface area contributed by atoms with E-state index < -0.39 is 10.0 Å². The number of thioether (sulfide) groups is 1. The largest absolute Gasteiger partial charge is 0.341 e. The Morgan fingerprint density at radius 2 is 1.80 bits per heavy atom. The van der Waals surface area contributed by atoms with Crippen molar-refractivity contribution in [2.24, 2.45) is 5.92 Å². The fraction of sp³-hybridized carbons (Fsp3) is 0.364. The van der Waals surface area contributed by atoms with Gasteiger partial charge in [-0.3, -0.25) is 4.79 Å². The van der Waals surface area contributed by atoms with Gasteiger partial charge in [-0.15, -0.1) is 11.8 Å². The third-order valence-corrected chi connectivity index (χ3v) is 8.08. The van der Waals surface area contributed by atoms with Gasteiger partial charge >= 0.3 is 0 Å². The minimum absolute atomic E-state index is 0.0306. The highest BCUT2D eigenvalue weighted by molar-refractivity contribution is 7.98. The first-order valence-corrected chi connectivity index (χ1v) is 12.4. The highest BCUT2D eigenvalue weighted by atomic mass is 32.2. The lowest BCUT2D eigenvalue weighted by atomic mass is 9.96. The molecule has 3 rings (SSSR count). The first-order valence-electron chi connectivity index (χ1n) is 9.74. The quantitative estimate of drug-likeness (QED) is 0.640. The zero-order chi connectivity index (χ0) is 21.7. The summed E-state index contributed by atoms with van der Waals surface area (Å²) in [6.07, 6.45) is 2.97. The number of nitrogens with zero attached hydrogens (tertiary/aromatic N) is 3. The maximum absolute atomic E-state index is 12.9. The van der Waals surface area contributed by atoms with Gasteiger partial charge in [0, 0.05) is 37.5 Å². The molecule has 1 aliphatic rings. The number of carbonyl (C=O) groups is 1. The van der Waals surface area contributed by atoms with Gasteiger partial charge in [-0.25, -0.2) is 8.42 Å². The maximum Gasteiger partial charge on any atom is 0.244 e. The normalized spacial score (nSPS) is 15.5. The number of hydrogen-bond donors (Lipinski definition) is 0. The van der Waals surface area contributed by atoms with Crippen molar-refractivity contribution >= 4 is 27.7 Å². The van der Waals surface area contributed by atoms with Crippen LogP contribution in [0.3, 0.4) is 0 Å². The summed E-state index contributed by atoms with van der Waals surface area (Å²) in [4.78, 5) is 15.8. The lowest BCUT2D eigenvalue weighted by Gasteiger charge is -2.32. The van der Waals surface area contributed by atoms with E-state index in [1.807, 2.05) is 36.6 Å². The van der Waals surface area contributed by atoms with E-state index in [-0.39, 0.29) is 35.4 Å². The van der Waals surface area contributed by atoms with E-state index in [2.05, 4.69) is 0 Å².